The molecule has 0 saturated heterocycles. The monoisotopic (exact) mass is 497 g/mol. The molecule has 8 heteroatoms. The van der Waals surface area contributed by atoms with E-state index in [1.807, 2.05) is 6.07 Å². The normalized spacial score (nSPS) is 30.1. The number of nitrogens with zero attached hydrogens (tertiary/aromatic N) is 1. The average molecular weight is 498 g/mol. The zero-order valence-electron chi connectivity index (χ0n) is 20.2. The fourth-order valence-electron chi connectivity index (χ4n) is 6.00. The summed E-state index contributed by atoms with van der Waals surface area (Å²) in [5.41, 5.74) is 0.481. The molecule has 0 atom stereocenters. The van der Waals surface area contributed by atoms with Crippen LogP contribution in [0.2, 0.25) is 0 Å². The minimum Gasteiger partial charge on any atom is -0.477 e. The van der Waals surface area contributed by atoms with Crippen molar-refractivity contribution in [3.8, 4) is 0 Å². The van der Waals surface area contributed by atoms with Crippen molar-refractivity contribution >= 4 is 28.9 Å². The molecule has 1 heterocycles. The lowest BCUT2D eigenvalue weighted by Crippen LogP contribution is -2.47. The van der Waals surface area contributed by atoms with Crippen molar-refractivity contribution in [1.82, 2.24) is 0 Å². The van der Waals surface area contributed by atoms with E-state index in [4.69, 9.17) is 4.74 Å². The number of anilines is 1. The number of methoxy groups -OCH3 is 1. The molecule has 5 nitrogen and oxygen atoms in total. The first-order valence-corrected chi connectivity index (χ1v) is 13.6. The molecule has 34 heavy (non-hydrogen) atoms. The lowest BCUT2D eigenvalue weighted by atomic mass is 9.81. The van der Waals surface area contributed by atoms with Crippen molar-refractivity contribution in [3.63, 3.8) is 0 Å². The predicted octanol–water partition coefficient (Wildman–Crippen LogP) is 6.86. The van der Waals surface area contributed by atoms with Crippen molar-refractivity contribution in [1.29, 1.82) is 0 Å². The van der Waals surface area contributed by atoms with Gasteiger partial charge in [0.1, 0.15) is 4.88 Å². The number of thiophene rings is 1. The second-order valence-electron chi connectivity index (χ2n) is 10.6. The zero-order valence-corrected chi connectivity index (χ0v) is 21.0. The van der Waals surface area contributed by atoms with Gasteiger partial charge in [0.15, 0.2) is 0 Å². The van der Waals surface area contributed by atoms with Gasteiger partial charge in [-0.2, -0.15) is 0 Å². The molecule has 190 valence electrons. The van der Waals surface area contributed by atoms with E-state index in [1.165, 1.54) is 11.3 Å². The van der Waals surface area contributed by atoms with Crippen LogP contribution in [0.25, 0.3) is 0 Å². The molecule has 1 aromatic rings. The molecule has 1 amide bonds. The number of rotatable bonds is 6. The number of amides is 1. The number of carboxylic acid groups (broad SMARTS) is 1. The van der Waals surface area contributed by atoms with Crippen molar-refractivity contribution < 1.29 is 28.2 Å². The SMILES string of the molecule is CO[C@H]1CC[C@H](N(c2cc(C3CCC(F)(F)CC3)sc2C(=O)O)C(=O)[C@H]2CC[C@H](C)CC2)CC1. The Balaban J connectivity index is 1.65. The van der Waals surface area contributed by atoms with E-state index in [0.29, 0.717) is 24.4 Å². The van der Waals surface area contributed by atoms with E-state index >= 15 is 0 Å². The molecule has 3 fully saturated rings. The summed E-state index contributed by atoms with van der Waals surface area (Å²) < 4.78 is 33.0. The first-order valence-electron chi connectivity index (χ1n) is 12.8. The molecular formula is C26H37F2NO4S. The third kappa shape index (κ3) is 5.64. The van der Waals surface area contributed by atoms with Gasteiger partial charge in [0, 0.05) is 36.8 Å². The van der Waals surface area contributed by atoms with Gasteiger partial charge in [0.25, 0.3) is 0 Å². The summed E-state index contributed by atoms with van der Waals surface area (Å²) in [5.74, 6) is -3.20. The van der Waals surface area contributed by atoms with Crippen LogP contribution < -0.4 is 4.90 Å². The van der Waals surface area contributed by atoms with Gasteiger partial charge >= 0.3 is 5.97 Å². The molecule has 0 aromatic carbocycles. The van der Waals surface area contributed by atoms with Crippen LogP contribution in [0, 0.1) is 11.8 Å². The molecule has 3 saturated carbocycles. The van der Waals surface area contributed by atoms with Crippen LogP contribution in [0.5, 0.6) is 0 Å². The Morgan fingerprint density at radius 3 is 2.21 bits per heavy atom. The van der Waals surface area contributed by atoms with Gasteiger partial charge in [-0.05, 0) is 82.1 Å². The standard InChI is InChI=1S/C26H37F2NO4S/c1-16-3-5-18(6-4-16)24(30)29(19-7-9-20(33-2)10-8-19)21-15-22(34-23(21)25(31)32)17-11-13-26(27,28)14-12-17/h15-20H,3-14H2,1-2H3,(H,31,32)/t16-,18-,19-,20-. The molecule has 0 spiro atoms. The number of carbonyl (C=O) groups excluding carboxylic acids is 1. The highest BCUT2D eigenvalue weighted by molar-refractivity contribution is 7.14. The summed E-state index contributed by atoms with van der Waals surface area (Å²) >= 11 is 1.17. The van der Waals surface area contributed by atoms with E-state index in [9.17, 15) is 23.5 Å². The Kier molecular flexibility index (Phi) is 7.97. The van der Waals surface area contributed by atoms with Gasteiger partial charge in [-0.15, -0.1) is 11.3 Å². The number of carboxylic acids is 1. The molecule has 0 unspecified atom stereocenters. The Morgan fingerprint density at radius 2 is 1.65 bits per heavy atom. The van der Waals surface area contributed by atoms with E-state index < -0.39 is 11.9 Å². The summed E-state index contributed by atoms with van der Waals surface area (Å²) in [7, 11) is 1.71. The minimum absolute atomic E-state index is 0.0368. The number of alkyl halides is 2. The summed E-state index contributed by atoms with van der Waals surface area (Å²) in [6.45, 7) is 2.21. The van der Waals surface area contributed by atoms with Crippen LogP contribution in [-0.4, -0.2) is 42.2 Å². The Hall–Kier alpha value is -1.54. The fraction of sp³-hybridized carbons (Fsp3) is 0.769. The number of halogens is 2. The molecular weight excluding hydrogens is 460 g/mol. The second-order valence-corrected chi connectivity index (χ2v) is 11.7. The zero-order chi connectivity index (χ0) is 24.5. The summed E-state index contributed by atoms with van der Waals surface area (Å²) in [4.78, 5) is 29.0. The maximum Gasteiger partial charge on any atom is 0.348 e. The Morgan fingerprint density at radius 1 is 1.03 bits per heavy atom. The summed E-state index contributed by atoms with van der Waals surface area (Å²) in [6, 6.07) is 1.78. The van der Waals surface area contributed by atoms with Crippen LogP contribution in [-0.2, 0) is 9.53 Å². The van der Waals surface area contributed by atoms with E-state index in [2.05, 4.69) is 6.92 Å². The maximum absolute atomic E-state index is 13.9. The first kappa shape index (κ1) is 25.5. The van der Waals surface area contributed by atoms with Crippen LogP contribution in [0.3, 0.4) is 0 Å². The third-order valence-corrected chi connectivity index (χ3v) is 9.52. The van der Waals surface area contributed by atoms with Crippen molar-refractivity contribution in [2.75, 3.05) is 12.0 Å². The molecule has 1 aromatic heterocycles. The number of ether oxygens (including phenoxy) is 1. The lowest BCUT2D eigenvalue weighted by molar-refractivity contribution is -0.124. The fourth-order valence-corrected chi connectivity index (χ4v) is 7.15. The smallest absolute Gasteiger partial charge is 0.348 e. The first-order chi connectivity index (χ1) is 16.2. The number of hydrogen-bond donors (Lipinski definition) is 1. The van der Waals surface area contributed by atoms with Gasteiger partial charge in [-0.25, -0.2) is 13.6 Å². The average Bonchev–Trinajstić information content (AvgIpc) is 3.25. The predicted molar refractivity (Wildman–Crippen MR) is 129 cm³/mol. The molecule has 0 radical (unpaired) electrons. The number of hydrogen-bond acceptors (Lipinski definition) is 4. The minimum atomic E-state index is -2.63. The van der Waals surface area contributed by atoms with Gasteiger partial charge < -0.3 is 14.7 Å². The Bertz CT molecular complexity index is 862. The van der Waals surface area contributed by atoms with E-state index in [0.717, 1.165) is 56.2 Å². The highest BCUT2D eigenvalue weighted by Gasteiger charge is 2.40. The number of aromatic carboxylic acids is 1. The molecule has 3 aliphatic rings. The summed E-state index contributed by atoms with van der Waals surface area (Å²) in [6.07, 6.45) is 7.43. The van der Waals surface area contributed by atoms with Crippen molar-refractivity contribution in [2.24, 2.45) is 11.8 Å². The molecule has 1 N–H and O–H groups in total. The van der Waals surface area contributed by atoms with Crippen LogP contribution in [0.1, 0.15) is 104 Å². The molecule has 4 rings (SSSR count). The highest BCUT2D eigenvalue weighted by atomic mass is 32.1. The largest absolute Gasteiger partial charge is 0.477 e. The maximum atomic E-state index is 13.9. The van der Waals surface area contributed by atoms with E-state index in [1.54, 1.807) is 12.0 Å². The lowest BCUT2D eigenvalue weighted by Gasteiger charge is -2.39. The van der Waals surface area contributed by atoms with Crippen molar-refractivity contribution in [3.05, 3.63) is 15.8 Å². The van der Waals surface area contributed by atoms with E-state index in [-0.39, 0.29) is 47.6 Å². The van der Waals surface area contributed by atoms with Gasteiger partial charge in [-0.3, -0.25) is 4.79 Å². The molecule has 0 bridgehead atoms. The number of carbonyl (C=O) groups is 2. The van der Waals surface area contributed by atoms with Gasteiger partial charge in [-0.1, -0.05) is 6.92 Å². The second kappa shape index (κ2) is 10.6. The quantitative estimate of drug-likeness (QED) is 0.466. The topological polar surface area (TPSA) is 66.8 Å². The molecule has 0 aliphatic heterocycles. The molecule has 3 aliphatic carbocycles. The van der Waals surface area contributed by atoms with Crippen LogP contribution in [0.15, 0.2) is 6.07 Å². The highest BCUT2D eigenvalue weighted by Crippen LogP contribution is 2.46. The third-order valence-electron chi connectivity index (χ3n) is 8.25. The van der Waals surface area contributed by atoms with Crippen molar-refractivity contribution in [2.45, 2.75) is 108 Å². The van der Waals surface area contributed by atoms with Gasteiger partial charge in [0.2, 0.25) is 11.8 Å². The van der Waals surface area contributed by atoms with Crippen LogP contribution in [0.4, 0.5) is 14.5 Å². The summed E-state index contributed by atoms with van der Waals surface area (Å²) in [5, 5.41) is 10.0. The Labute approximate surface area is 204 Å². The van der Waals surface area contributed by atoms with Crippen LogP contribution >= 0.6 is 11.3 Å². The van der Waals surface area contributed by atoms with Gasteiger partial charge in [0.05, 0.1) is 11.8 Å².